The first-order chi connectivity index (χ1) is 13.1. The van der Waals surface area contributed by atoms with E-state index in [-0.39, 0.29) is 29.6 Å². The van der Waals surface area contributed by atoms with Crippen molar-refractivity contribution >= 4 is 29.5 Å². The molecule has 3 heterocycles. The normalized spacial score (nSPS) is 35.1. The summed E-state index contributed by atoms with van der Waals surface area (Å²) < 4.78 is -0.589. The number of thioether (sulfide) groups is 1. The minimum Gasteiger partial charge on any atom is -0.394 e. The molecule has 0 radical (unpaired) electrons. The minimum atomic E-state index is -0.662. The molecular formula is C20H33N3O4S. The zero-order valence-electron chi connectivity index (χ0n) is 17.4. The molecule has 3 aliphatic rings. The van der Waals surface area contributed by atoms with Crippen molar-refractivity contribution in [2.45, 2.75) is 81.5 Å². The van der Waals surface area contributed by atoms with E-state index in [0.29, 0.717) is 6.54 Å². The van der Waals surface area contributed by atoms with Crippen molar-refractivity contribution in [3.05, 3.63) is 0 Å². The number of hydrogen-bond donors (Lipinski definition) is 3. The van der Waals surface area contributed by atoms with Crippen LogP contribution in [-0.4, -0.2) is 68.5 Å². The smallest absolute Gasteiger partial charge is 0.244 e. The molecule has 3 amide bonds. The second-order valence-corrected chi connectivity index (χ2v) is 11.0. The maximum Gasteiger partial charge on any atom is 0.244 e. The maximum absolute atomic E-state index is 13.5. The number of aliphatic hydroxyl groups excluding tert-OH is 1. The van der Waals surface area contributed by atoms with E-state index in [1.54, 1.807) is 23.6 Å². The van der Waals surface area contributed by atoms with Crippen LogP contribution in [0.1, 0.15) is 53.9 Å². The number of amides is 3. The molecule has 0 aromatic carbocycles. The van der Waals surface area contributed by atoms with Gasteiger partial charge in [-0.15, -0.1) is 11.8 Å². The summed E-state index contributed by atoms with van der Waals surface area (Å²) in [7, 11) is 0. The van der Waals surface area contributed by atoms with Gasteiger partial charge in [0.25, 0.3) is 0 Å². The highest BCUT2D eigenvalue weighted by Gasteiger charge is 2.74. The number of likely N-dealkylation sites (tertiary alicyclic amines) is 1. The Morgan fingerprint density at radius 1 is 1.36 bits per heavy atom. The van der Waals surface area contributed by atoms with Crippen molar-refractivity contribution in [1.29, 1.82) is 0 Å². The summed E-state index contributed by atoms with van der Waals surface area (Å²) in [4.78, 5) is 41.2. The van der Waals surface area contributed by atoms with Crippen molar-refractivity contribution in [2.24, 2.45) is 11.8 Å². The zero-order chi connectivity index (χ0) is 20.9. The first kappa shape index (κ1) is 21.4. The summed E-state index contributed by atoms with van der Waals surface area (Å²) in [5.41, 5.74) is -0.428. The topological polar surface area (TPSA) is 98.7 Å². The Kier molecular flexibility index (Phi) is 5.75. The average molecular weight is 412 g/mol. The van der Waals surface area contributed by atoms with Crippen LogP contribution in [0, 0.1) is 11.8 Å². The number of carbonyl (C=O) groups excluding carboxylic acids is 3. The number of carbonyl (C=O) groups is 3. The van der Waals surface area contributed by atoms with Gasteiger partial charge >= 0.3 is 0 Å². The van der Waals surface area contributed by atoms with Gasteiger partial charge in [0.15, 0.2) is 0 Å². The Balaban J connectivity index is 1.99. The molecule has 0 saturated carbocycles. The van der Waals surface area contributed by atoms with Gasteiger partial charge in [-0.3, -0.25) is 14.4 Å². The van der Waals surface area contributed by atoms with Crippen molar-refractivity contribution in [3.8, 4) is 0 Å². The lowest BCUT2D eigenvalue weighted by Crippen LogP contribution is -2.58. The van der Waals surface area contributed by atoms with E-state index in [2.05, 4.69) is 10.6 Å². The fourth-order valence-electron chi connectivity index (χ4n) is 5.06. The van der Waals surface area contributed by atoms with Gasteiger partial charge in [0.2, 0.25) is 17.7 Å². The number of rotatable bonds is 6. The molecule has 158 valence electrons. The van der Waals surface area contributed by atoms with Gasteiger partial charge < -0.3 is 20.6 Å². The predicted octanol–water partition coefficient (Wildman–Crippen LogP) is 0.899. The molecule has 8 heteroatoms. The van der Waals surface area contributed by atoms with Crippen LogP contribution in [0.5, 0.6) is 0 Å². The summed E-state index contributed by atoms with van der Waals surface area (Å²) >= 11 is 1.65. The summed E-state index contributed by atoms with van der Waals surface area (Å²) in [6.45, 7) is 9.87. The summed E-state index contributed by atoms with van der Waals surface area (Å²) in [6, 6.07) is -1.13. The highest BCUT2D eigenvalue weighted by atomic mass is 32.2. The highest BCUT2D eigenvalue weighted by molar-refractivity contribution is 8.02. The van der Waals surface area contributed by atoms with E-state index in [0.717, 1.165) is 19.3 Å². The Morgan fingerprint density at radius 2 is 2.04 bits per heavy atom. The van der Waals surface area contributed by atoms with E-state index >= 15 is 0 Å². The Labute approximate surface area is 171 Å². The van der Waals surface area contributed by atoms with Crippen LogP contribution < -0.4 is 10.6 Å². The Morgan fingerprint density at radius 3 is 2.61 bits per heavy atom. The lowest BCUT2D eigenvalue weighted by molar-refractivity contribution is -0.142. The molecule has 3 rings (SSSR count). The lowest BCUT2D eigenvalue weighted by Gasteiger charge is -2.37. The van der Waals surface area contributed by atoms with Crippen molar-refractivity contribution in [2.75, 3.05) is 13.2 Å². The van der Waals surface area contributed by atoms with Gasteiger partial charge in [-0.1, -0.05) is 6.92 Å². The van der Waals surface area contributed by atoms with E-state index in [4.69, 9.17) is 0 Å². The monoisotopic (exact) mass is 411 g/mol. The van der Waals surface area contributed by atoms with E-state index < -0.39 is 34.2 Å². The number of hydrogen-bond acceptors (Lipinski definition) is 5. The third-order valence-corrected chi connectivity index (χ3v) is 8.03. The third-order valence-electron chi connectivity index (χ3n) is 6.08. The SMILES string of the molecule is CCCNC(=O)[C@@H]1[C@@H]2CCC3(S2)C(C(=O)NC(C)(C)C)N([C@H](C)CO)C(=O)[C@H]13. The standard InChI is InChI=1S/C20H33N3O4S/c1-6-9-21-16(25)13-12-7-8-20(28-12)14(13)18(27)23(11(2)10-24)15(20)17(26)22-19(3,4)5/h11-15,24H,6-10H2,1-5H3,(H,21,25)(H,22,26)/t11-,12+,13-,14+,15?,20?/m1/s1. The van der Waals surface area contributed by atoms with Crippen molar-refractivity contribution in [3.63, 3.8) is 0 Å². The number of nitrogens with one attached hydrogen (secondary N) is 2. The molecule has 7 nitrogen and oxygen atoms in total. The Bertz CT molecular complexity index is 664. The van der Waals surface area contributed by atoms with E-state index in [9.17, 15) is 19.5 Å². The molecule has 3 saturated heterocycles. The molecule has 0 aromatic heterocycles. The fourth-order valence-corrected chi connectivity index (χ4v) is 7.26. The second kappa shape index (κ2) is 7.52. The van der Waals surface area contributed by atoms with E-state index in [1.807, 2.05) is 27.7 Å². The van der Waals surface area contributed by atoms with Gasteiger partial charge in [0.1, 0.15) is 6.04 Å². The molecule has 3 fully saturated rings. The van der Waals surface area contributed by atoms with Gasteiger partial charge in [-0.2, -0.15) is 0 Å². The summed E-state index contributed by atoms with van der Waals surface area (Å²) in [5, 5.41) is 15.8. The first-order valence-electron chi connectivity index (χ1n) is 10.3. The zero-order valence-corrected chi connectivity index (χ0v) is 18.3. The highest BCUT2D eigenvalue weighted by Crippen LogP contribution is 2.66. The van der Waals surface area contributed by atoms with Crippen LogP contribution in [0.15, 0.2) is 0 Å². The van der Waals surface area contributed by atoms with Gasteiger partial charge in [-0.05, 0) is 47.0 Å². The second-order valence-electron chi connectivity index (χ2n) is 9.36. The van der Waals surface area contributed by atoms with Crippen LogP contribution >= 0.6 is 11.8 Å². The molecule has 3 aliphatic heterocycles. The van der Waals surface area contributed by atoms with Crippen LogP contribution in [0.4, 0.5) is 0 Å². The quantitative estimate of drug-likeness (QED) is 0.603. The van der Waals surface area contributed by atoms with Crippen LogP contribution in [-0.2, 0) is 14.4 Å². The lowest BCUT2D eigenvalue weighted by atomic mass is 9.70. The molecule has 1 spiro atoms. The predicted molar refractivity (Wildman–Crippen MR) is 109 cm³/mol. The molecule has 28 heavy (non-hydrogen) atoms. The largest absolute Gasteiger partial charge is 0.394 e. The molecule has 3 N–H and O–H groups in total. The number of aliphatic hydroxyl groups is 1. The van der Waals surface area contributed by atoms with E-state index in [1.165, 1.54) is 0 Å². The van der Waals surface area contributed by atoms with Crippen molar-refractivity contribution in [1.82, 2.24) is 15.5 Å². The molecule has 0 aliphatic carbocycles. The van der Waals surface area contributed by atoms with Crippen LogP contribution in [0.25, 0.3) is 0 Å². The molecule has 0 aromatic rings. The summed E-state index contributed by atoms with van der Waals surface area (Å²) in [5.74, 6) is -1.34. The summed E-state index contributed by atoms with van der Waals surface area (Å²) in [6.07, 6.45) is 2.41. The fraction of sp³-hybridized carbons (Fsp3) is 0.850. The average Bonchev–Trinajstić information content (AvgIpc) is 3.24. The molecular weight excluding hydrogens is 378 g/mol. The van der Waals surface area contributed by atoms with Gasteiger partial charge in [0.05, 0.1) is 29.2 Å². The van der Waals surface area contributed by atoms with Crippen LogP contribution in [0.2, 0.25) is 0 Å². The molecule has 6 atom stereocenters. The van der Waals surface area contributed by atoms with Gasteiger partial charge in [0, 0.05) is 17.3 Å². The molecule has 2 unspecified atom stereocenters. The minimum absolute atomic E-state index is 0.0716. The number of fused-ring (bicyclic) bond motifs is 1. The Hall–Kier alpha value is -1.28. The number of nitrogens with zero attached hydrogens (tertiary/aromatic N) is 1. The third kappa shape index (κ3) is 3.32. The molecule has 2 bridgehead atoms. The van der Waals surface area contributed by atoms with Crippen LogP contribution in [0.3, 0.4) is 0 Å². The maximum atomic E-state index is 13.5. The first-order valence-corrected chi connectivity index (χ1v) is 11.2. The van der Waals surface area contributed by atoms with Crippen molar-refractivity contribution < 1.29 is 19.5 Å². The van der Waals surface area contributed by atoms with Gasteiger partial charge in [-0.25, -0.2) is 0 Å².